The fraction of sp³-hybridized carbons (Fsp3) is 0.913. The second-order valence-corrected chi connectivity index (χ2v) is 8.06. The van der Waals surface area contributed by atoms with Gasteiger partial charge in [0.25, 0.3) is 0 Å². The number of hydrogen-bond acceptors (Lipinski definition) is 2. The van der Waals surface area contributed by atoms with Gasteiger partial charge in [-0.25, -0.2) is 0 Å². The first kappa shape index (κ1) is 25.9. The van der Waals surface area contributed by atoms with Gasteiger partial charge in [0.2, 0.25) is 11.8 Å². The topological polar surface area (TPSA) is 58.2 Å². The van der Waals surface area contributed by atoms with E-state index in [-0.39, 0.29) is 11.8 Å². The Morgan fingerprint density at radius 2 is 1.04 bits per heavy atom. The van der Waals surface area contributed by atoms with Gasteiger partial charge in [-0.3, -0.25) is 9.59 Å². The van der Waals surface area contributed by atoms with Gasteiger partial charge in [-0.1, -0.05) is 91.4 Å². The quantitative estimate of drug-likeness (QED) is 0.280. The van der Waals surface area contributed by atoms with Crippen LogP contribution in [-0.4, -0.2) is 24.9 Å². The van der Waals surface area contributed by atoms with Crippen molar-refractivity contribution in [2.75, 3.05) is 13.1 Å². The van der Waals surface area contributed by atoms with Crippen LogP contribution in [0.1, 0.15) is 117 Å². The summed E-state index contributed by atoms with van der Waals surface area (Å²) >= 11 is 0. The van der Waals surface area contributed by atoms with Gasteiger partial charge in [0.15, 0.2) is 0 Å². The van der Waals surface area contributed by atoms with Gasteiger partial charge in [-0.15, -0.1) is 0 Å². The number of unbranched alkanes of at least 4 members (excludes halogenated alkanes) is 8. The van der Waals surface area contributed by atoms with Gasteiger partial charge in [0, 0.05) is 25.9 Å². The van der Waals surface area contributed by atoms with Crippen LogP contribution in [0, 0.1) is 5.92 Å². The minimum Gasteiger partial charge on any atom is -0.356 e. The Bertz CT molecular complexity index is 358. The number of carbonyl (C=O) groups excluding carboxylic acids is 2. The summed E-state index contributed by atoms with van der Waals surface area (Å²) in [6.45, 7) is 8.28. The average Bonchev–Trinajstić information content (AvgIpc) is 2.65. The smallest absolute Gasteiger partial charge is 0.220 e. The van der Waals surface area contributed by atoms with E-state index in [1.807, 2.05) is 0 Å². The highest BCUT2D eigenvalue weighted by Crippen LogP contribution is 2.16. The van der Waals surface area contributed by atoms with E-state index in [4.69, 9.17) is 0 Å². The molecule has 0 aromatic rings. The molecule has 27 heavy (non-hydrogen) atoms. The van der Waals surface area contributed by atoms with Gasteiger partial charge in [0.1, 0.15) is 0 Å². The van der Waals surface area contributed by atoms with Gasteiger partial charge >= 0.3 is 0 Å². The summed E-state index contributed by atoms with van der Waals surface area (Å²) in [5.41, 5.74) is 0. The lowest BCUT2D eigenvalue weighted by atomic mass is 9.97. The molecule has 0 saturated carbocycles. The van der Waals surface area contributed by atoms with Crippen molar-refractivity contribution in [1.82, 2.24) is 10.6 Å². The molecule has 0 aliphatic rings. The fourth-order valence-corrected chi connectivity index (χ4v) is 3.27. The maximum absolute atomic E-state index is 11.8. The minimum absolute atomic E-state index is 0.000629. The van der Waals surface area contributed by atoms with E-state index in [2.05, 4.69) is 31.4 Å². The van der Waals surface area contributed by atoms with Crippen LogP contribution in [0.3, 0.4) is 0 Å². The first-order valence-corrected chi connectivity index (χ1v) is 11.6. The van der Waals surface area contributed by atoms with Crippen LogP contribution in [0.2, 0.25) is 0 Å². The summed E-state index contributed by atoms with van der Waals surface area (Å²) < 4.78 is 0. The molecule has 2 N–H and O–H groups in total. The Kier molecular flexibility index (Phi) is 18.9. The van der Waals surface area contributed by atoms with Crippen LogP contribution in [0.15, 0.2) is 0 Å². The molecule has 1 atom stereocenters. The summed E-state index contributed by atoms with van der Waals surface area (Å²) in [6.07, 6.45) is 16.8. The van der Waals surface area contributed by atoms with E-state index in [9.17, 15) is 9.59 Å². The van der Waals surface area contributed by atoms with Crippen molar-refractivity contribution < 1.29 is 9.59 Å². The van der Waals surface area contributed by atoms with Crippen molar-refractivity contribution >= 4 is 11.8 Å². The Hall–Kier alpha value is -1.06. The van der Waals surface area contributed by atoms with E-state index in [1.54, 1.807) is 0 Å². The van der Waals surface area contributed by atoms with Crippen molar-refractivity contribution in [3.63, 3.8) is 0 Å². The molecule has 0 aliphatic heterocycles. The third kappa shape index (κ3) is 19.5. The third-order valence-corrected chi connectivity index (χ3v) is 5.18. The number of hydrogen-bond donors (Lipinski definition) is 2. The zero-order valence-corrected chi connectivity index (χ0v) is 18.4. The maximum atomic E-state index is 11.8. The van der Waals surface area contributed by atoms with Crippen LogP contribution in [0.4, 0.5) is 0 Å². The Balaban J connectivity index is 3.39. The Labute approximate surface area is 168 Å². The van der Waals surface area contributed by atoms with E-state index in [1.165, 1.54) is 64.2 Å². The van der Waals surface area contributed by atoms with E-state index in [0.717, 1.165) is 38.3 Å². The van der Waals surface area contributed by atoms with Crippen molar-refractivity contribution in [3.8, 4) is 0 Å². The highest BCUT2D eigenvalue weighted by atomic mass is 16.2. The van der Waals surface area contributed by atoms with Crippen molar-refractivity contribution in [3.05, 3.63) is 0 Å². The van der Waals surface area contributed by atoms with Crippen molar-refractivity contribution in [2.24, 2.45) is 5.92 Å². The monoisotopic (exact) mass is 382 g/mol. The molecule has 2 amide bonds. The molecule has 0 rings (SSSR count). The summed E-state index contributed by atoms with van der Waals surface area (Å²) in [5.74, 6) is 0.851. The second-order valence-electron chi connectivity index (χ2n) is 8.06. The number of carbonyl (C=O) groups is 2. The summed E-state index contributed by atoms with van der Waals surface area (Å²) in [6, 6.07) is 0. The molecule has 1 unspecified atom stereocenters. The highest BCUT2D eigenvalue weighted by Gasteiger charge is 2.06. The number of amides is 2. The molecular weight excluding hydrogens is 336 g/mol. The predicted octanol–water partition coefficient (Wildman–Crippen LogP) is 5.75. The minimum atomic E-state index is -0.00490. The van der Waals surface area contributed by atoms with Crippen LogP contribution in [0.5, 0.6) is 0 Å². The highest BCUT2D eigenvalue weighted by molar-refractivity contribution is 5.83. The molecule has 0 aromatic heterocycles. The first-order valence-electron chi connectivity index (χ1n) is 11.6. The summed E-state index contributed by atoms with van der Waals surface area (Å²) in [4.78, 5) is 23.5. The molecule has 4 heteroatoms. The molecule has 0 bridgehead atoms. The molecule has 0 heterocycles. The van der Waals surface area contributed by atoms with Gasteiger partial charge in [-0.2, -0.15) is 0 Å². The Morgan fingerprint density at radius 3 is 1.56 bits per heavy atom. The lowest BCUT2D eigenvalue weighted by Gasteiger charge is -2.10. The molecular formula is C23H46N2O2. The molecule has 160 valence electrons. The molecule has 0 aliphatic carbocycles. The van der Waals surface area contributed by atoms with Crippen LogP contribution >= 0.6 is 0 Å². The summed E-state index contributed by atoms with van der Waals surface area (Å²) in [5, 5.41) is 5.83. The van der Waals surface area contributed by atoms with Crippen molar-refractivity contribution in [1.29, 1.82) is 0 Å². The van der Waals surface area contributed by atoms with Crippen molar-refractivity contribution in [2.45, 2.75) is 117 Å². The Morgan fingerprint density at radius 1 is 0.630 bits per heavy atom. The standard InChI is InChI=1S/C23H46N2O2/c1-4-6-8-13-19-24-22(26)17-18-23(27)25-20-14-10-9-12-16-21(3)15-11-7-5-2/h21H,4-20H2,1-3H3,(H,24,26)(H,25,27). The zero-order chi connectivity index (χ0) is 20.2. The average molecular weight is 383 g/mol. The number of rotatable bonds is 19. The van der Waals surface area contributed by atoms with E-state index >= 15 is 0 Å². The third-order valence-electron chi connectivity index (χ3n) is 5.18. The van der Waals surface area contributed by atoms with Crippen LogP contribution < -0.4 is 10.6 Å². The number of nitrogens with one attached hydrogen (secondary N) is 2. The van der Waals surface area contributed by atoms with Gasteiger partial charge in [0.05, 0.1) is 0 Å². The molecule has 0 fully saturated rings. The van der Waals surface area contributed by atoms with Crippen LogP contribution in [0.25, 0.3) is 0 Å². The fourth-order valence-electron chi connectivity index (χ4n) is 3.27. The lowest BCUT2D eigenvalue weighted by molar-refractivity contribution is -0.126. The maximum Gasteiger partial charge on any atom is 0.220 e. The second kappa shape index (κ2) is 19.7. The van der Waals surface area contributed by atoms with E-state index in [0.29, 0.717) is 12.8 Å². The molecule has 4 nitrogen and oxygen atoms in total. The molecule has 0 radical (unpaired) electrons. The summed E-state index contributed by atoms with van der Waals surface area (Å²) in [7, 11) is 0. The first-order chi connectivity index (χ1) is 13.1. The molecule has 0 aromatic carbocycles. The largest absolute Gasteiger partial charge is 0.356 e. The van der Waals surface area contributed by atoms with Gasteiger partial charge < -0.3 is 10.6 Å². The SMILES string of the molecule is CCCCCCNC(=O)CCC(=O)NCCCCCCC(C)CCCCC. The zero-order valence-electron chi connectivity index (χ0n) is 18.4. The lowest BCUT2D eigenvalue weighted by Crippen LogP contribution is -2.28. The molecule has 0 spiro atoms. The van der Waals surface area contributed by atoms with E-state index < -0.39 is 0 Å². The predicted molar refractivity (Wildman–Crippen MR) is 116 cm³/mol. The van der Waals surface area contributed by atoms with Gasteiger partial charge in [-0.05, 0) is 18.8 Å². The molecule has 0 saturated heterocycles. The normalized spacial score (nSPS) is 12.0. The van der Waals surface area contributed by atoms with Crippen LogP contribution in [-0.2, 0) is 9.59 Å².